The SMILES string of the molecule is COc1cccc(CN(C(=O)CN(c2ccc(F)cc2)S(=O)(=O)c2ccc(OC)c(OC)c2)[C@H](Cc2ccccc2)C(=O)NC2CCCC2)c1. The molecule has 4 aromatic carbocycles. The van der Waals surface area contributed by atoms with Gasteiger partial charge in [0.25, 0.3) is 10.0 Å². The fourth-order valence-electron chi connectivity index (χ4n) is 6.13. The highest BCUT2D eigenvalue weighted by molar-refractivity contribution is 7.92. The summed E-state index contributed by atoms with van der Waals surface area (Å²) in [6, 6.07) is 24.4. The molecule has 0 heterocycles. The van der Waals surface area contributed by atoms with Gasteiger partial charge in [-0.05, 0) is 72.5 Å². The third kappa shape index (κ3) is 8.73. The molecule has 50 heavy (non-hydrogen) atoms. The summed E-state index contributed by atoms with van der Waals surface area (Å²) >= 11 is 0. The minimum atomic E-state index is -4.45. The van der Waals surface area contributed by atoms with Gasteiger partial charge < -0.3 is 24.4 Å². The number of carbonyl (C=O) groups excluding carboxylic acids is 2. The largest absolute Gasteiger partial charge is 0.497 e. The molecule has 1 aliphatic carbocycles. The molecule has 4 aromatic rings. The standard InChI is InChI=1S/C38H42FN3O7S/c1-47-32-15-9-12-28(22-32)25-41(34(23-27-10-5-4-6-11-27)38(44)40-30-13-7-8-14-30)37(43)26-42(31-18-16-29(39)17-19-31)50(45,46)33-20-21-35(48-2)36(24-33)49-3/h4-6,9-12,15-22,24,30,34H,7-8,13-14,23,25-26H2,1-3H3,(H,40,44)/t34-/m1/s1. The number of halogens is 1. The van der Waals surface area contributed by atoms with Crippen LogP contribution in [0.25, 0.3) is 0 Å². The number of benzene rings is 4. The van der Waals surface area contributed by atoms with Crippen LogP contribution in [0, 0.1) is 5.82 Å². The van der Waals surface area contributed by atoms with Gasteiger partial charge in [0, 0.05) is 25.1 Å². The Morgan fingerprint density at radius 3 is 2.16 bits per heavy atom. The third-order valence-electron chi connectivity index (χ3n) is 8.80. The summed E-state index contributed by atoms with van der Waals surface area (Å²) in [6.07, 6.45) is 3.88. The number of methoxy groups -OCH3 is 3. The lowest BCUT2D eigenvalue weighted by Gasteiger charge is -2.34. The number of hydrogen-bond acceptors (Lipinski definition) is 7. The first-order valence-corrected chi connectivity index (χ1v) is 17.8. The van der Waals surface area contributed by atoms with E-state index in [9.17, 15) is 22.4 Å². The zero-order chi connectivity index (χ0) is 35.7. The van der Waals surface area contributed by atoms with Crippen molar-refractivity contribution >= 4 is 27.5 Å². The number of anilines is 1. The molecule has 264 valence electrons. The summed E-state index contributed by atoms with van der Waals surface area (Å²) in [6.45, 7) is -0.701. The zero-order valence-corrected chi connectivity index (χ0v) is 29.2. The van der Waals surface area contributed by atoms with Crippen molar-refractivity contribution in [2.75, 3.05) is 32.2 Å². The molecule has 0 aromatic heterocycles. The first kappa shape index (κ1) is 36.2. The van der Waals surface area contributed by atoms with Crippen molar-refractivity contribution < 1.29 is 36.6 Å². The Morgan fingerprint density at radius 1 is 0.820 bits per heavy atom. The Balaban J connectivity index is 1.59. The number of sulfonamides is 1. The minimum Gasteiger partial charge on any atom is -0.497 e. The van der Waals surface area contributed by atoms with Gasteiger partial charge in [-0.15, -0.1) is 0 Å². The number of nitrogens with zero attached hydrogens (tertiary/aromatic N) is 2. The van der Waals surface area contributed by atoms with Gasteiger partial charge in [0.1, 0.15) is 24.2 Å². The Kier molecular flexibility index (Phi) is 12.0. The van der Waals surface area contributed by atoms with Gasteiger partial charge in [-0.25, -0.2) is 12.8 Å². The predicted octanol–water partition coefficient (Wildman–Crippen LogP) is 5.75. The molecule has 1 fully saturated rings. The lowest BCUT2D eigenvalue weighted by Crippen LogP contribution is -2.54. The molecule has 1 N–H and O–H groups in total. The summed E-state index contributed by atoms with van der Waals surface area (Å²) in [5, 5.41) is 3.16. The summed E-state index contributed by atoms with van der Waals surface area (Å²) in [4.78, 5) is 30.1. The molecule has 1 aliphatic rings. The van der Waals surface area contributed by atoms with E-state index in [1.165, 1.54) is 56.6 Å². The molecule has 1 saturated carbocycles. The third-order valence-corrected chi connectivity index (χ3v) is 10.6. The zero-order valence-electron chi connectivity index (χ0n) is 28.4. The molecule has 0 saturated heterocycles. The Bertz CT molecular complexity index is 1870. The topological polar surface area (TPSA) is 114 Å². The number of amides is 2. The van der Waals surface area contributed by atoms with E-state index < -0.39 is 34.3 Å². The van der Waals surface area contributed by atoms with E-state index in [0.29, 0.717) is 17.1 Å². The second kappa shape index (κ2) is 16.5. The summed E-state index contributed by atoms with van der Waals surface area (Å²) < 4.78 is 59.8. The van der Waals surface area contributed by atoms with Crippen molar-refractivity contribution in [3.05, 3.63) is 114 Å². The maximum Gasteiger partial charge on any atom is 0.264 e. The van der Waals surface area contributed by atoms with Crippen molar-refractivity contribution in [2.45, 2.75) is 55.6 Å². The monoisotopic (exact) mass is 703 g/mol. The molecule has 1 atom stereocenters. The fourth-order valence-corrected chi connectivity index (χ4v) is 7.56. The molecular formula is C38H42FN3O7S. The molecule has 2 amide bonds. The molecule has 0 unspecified atom stereocenters. The summed E-state index contributed by atoms with van der Waals surface area (Å²) in [7, 11) is -0.100. The van der Waals surface area contributed by atoms with Gasteiger partial charge in [-0.1, -0.05) is 55.3 Å². The average Bonchev–Trinajstić information content (AvgIpc) is 3.65. The van der Waals surface area contributed by atoms with Gasteiger partial charge in [0.2, 0.25) is 11.8 Å². The van der Waals surface area contributed by atoms with Crippen LogP contribution in [0.5, 0.6) is 17.2 Å². The number of nitrogens with one attached hydrogen (secondary N) is 1. The van der Waals surface area contributed by atoms with E-state index >= 15 is 0 Å². The molecule has 0 bridgehead atoms. The molecule has 10 nitrogen and oxygen atoms in total. The summed E-state index contributed by atoms with van der Waals surface area (Å²) in [5.74, 6) is -0.483. The second-order valence-corrected chi connectivity index (χ2v) is 13.9. The van der Waals surface area contributed by atoms with Crippen LogP contribution < -0.4 is 23.8 Å². The maximum absolute atomic E-state index is 14.7. The Labute approximate surface area is 292 Å². The first-order chi connectivity index (χ1) is 24.1. The van der Waals surface area contributed by atoms with Gasteiger partial charge >= 0.3 is 0 Å². The van der Waals surface area contributed by atoms with Crippen molar-refractivity contribution in [3.63, 3.8) is 0 Å². The van der Waals surface area contributed by atoms with Crippen LogP contribution in [0.4, 0.5) is 10.1 Å². The lowest BCUT2D eigenvalue weighted by atomic mass is 10.0. The number of ether oxygens (including phenoxy) is 3. The van der Waals surface area contributed by atoms with Crippen LogP contribution in [0.3, 0.4) is 0 Å². The maximum atomic E-state index is 14.7. The molecule has 12 heteroatoms. The van der Waals surface area contributed by atoms with Crippen LogP contribution in [0.1, 0.15) is 36.8 Å². The lowest BCUT2D eigenvalue weighted by molar-refractivity contribution is -0.140. The predicted molar refractivity (Wildman–Crippen MR) is 188 cm³/mol. The van der Waals surface area contributed by atoms with Crippen molar-refractivity contribution in [1.82, 2.24) is 10.2 Å². The van der Waals surface area contributed by atoms with E-state index in [2.05, 4.69) is 5.32 Å². The summed E-state index contributed by atoms with van der Waals surface area (Å²) in [5.41, 5.74) is 1.57. The highest BCUT2D eigenvalue weighted by Crippen LogP contribution is 2.33. The Hall–Kier alpha value is -5.10. The van der Waals surface area contributed by atoms with E-state index in [-0.39, 0.29) is 41.2 Å². The highest BCUT2D eigenvalue weighted by atomic mass is 32.2. The van der Waals surface area contributed by atoms with Crippen LogP contribution in [-0.4, -0.2) is 65.1 Å². The fraction of sp³-hybridized carbons (Fsp3) is 0.316. The first-order valence-electron chi connectivity index (χ1n) is 16.4. The molecule has 0 radical (unpaired) electrons. The van der Waals surface area contributed by atoms with Gasteiger partial charge in [-0.2, -0.15) is 0 Å². The van der Waals surface area contributed by atoms with E-state index in [4.69, 9.17) is 14.2 Å². The van der Waals surface area contributed by atoms with Crippen LogP contribution >= 0.6 is 0 Å². The molecule has 5 rings (SSSR count). The van der Waals surface area contributed by atoms with Gasteiger partial charge in [0.05, 0.1) is 31.9 Å². The van der Waals surface area contributed by atoms with E-state index in [1.54, 1.807) is 18.2 Å². The van der Waals surface area contributed by atoms with E-state index in [1.807, 2.05) is 36.4 Å². The molecule has 0 spiro atoms. The number of rotatable bonds is 15. The minimum absolute atomic E-state index is 0.0146. The van der Waals surface area contributed by atoms with Crippen molar-refractivity contribution in [3.8, 4) is 17.2 Å². The van der Waals surface area contributed by atoms with Gasteiger partial charge in [-0.3, -0.25) is 13.9 Å². The smallest absolute Gasteiger partial charge is 0.264 e. The van der Waals surface area contributed by atoms with Crippen molar-refractivity contribution in [2.24, 2.45) is 0 Å². The highest BCUT2D eigenvalue weighted by Gasteiger charge is 2.36. The second-order valence-electron chi connectivity index (χ2n) is 12.1. The van der Waals surface area contributed by atoms with Crippen LogP contribution in [0.15, 0.2) is 102 Å². The quantitative estimate of drug-likeness (QED) is 0.168. The van der Waals surface area contributed by atoms with Crippen molar-refractivity contribution in [1.29, 1.82) is 0 Å². The van der Waals surface area contributed by atoms with Crippen LogP contribution in [-0.2, 0) is 32.6 Å². The number of carbonyl (C=O) groups is 2. The Morgan fingerprint density at radius 2 is 1.50 bits per heavy atom. The molecular weight excluding hydrogens is 661 g/mol. The molecule has 0 aliphatic heterocycles. The van der Waals surface area contributed by atoms with Gasteiger partial charge in [0.15, 0.2) is 11.5 Å². The normalized spacial score (nSPS) is 13.7. The van der Waals surface area contributed by atoms with Crippen LogP contribution in [0.2, 0.25) is 0 Å². The number of hydrogen-bond donors (Lipinski definition) is 1. The van der Waals surface area contributed by atoms with E-state index in [0.717, 1.165) is 47.7 Å². The average molecular weight is 704 g/mol.